The Balaban J connectivity index is 2.24. The van der Waals surface area contributed by atoms with E-state index in [1.807, 2.05) is 0 Å². The Bertz CT molecular complexity index is 434. The SMILES string of the molecule is [B]C(O)(O)n1cc(N2CC(C)(C)C2(C)C)cn1. The van der Waals surface area contributed by atoms with Crippen LogP contribution in [0.2, 0.25) is 0 Å². The van der Waals surface area contributed by atoms with Crippen LogP contribution in [0, 0.1) is 5.41 Å². The average Bonchev–Trinajstić information content (AvgIpc) is 2.61. The third kappa shape index (κ3) is 1.75. The quantitative estimate of drug-likeness (QED) is 0.569. The first-order valence-corrected chi connectivity index (χ1v) is 5.62. The van der Waals surface area contributed by atoms with E-state index in [1.165, 1.54) is 6.20 Å². The van der Waals surface area contributed by atoms with Gasteiger partial charge >= 0.3 is 0 Å². The van der Waals surface area contributed by atoms with Gasteiger partial charge in [-0.3, -0.25) is 0 Å². The van der Waals surface area contributed by atoms with E-state index in [0.29, 0.717) is 0 Å². The van der Waals surface area contributed by atoms with E-state index in [1.54, 1.807) is 6.20 Å². The Morgan fingerprint density at radius 1 is 1.35 bits per heavy atom. The minimum absolute atomic E-state index is 0.00301. The molecule has 1 aliphatic heterocycles. The van der Waals surface area contributed by atoms with E-state index < -0.39 is 5.81 Å². The summed E-state index contributed by atoms with van der Waals surface area (Å²) in [6, 6.07) is 0. The van der Waals surface area contributed by atoms with Crippen molar-refractivity contribution in [1.82, 2.24) is 9.78 Å². The Labute approximate surface area is 102 Å². The van der Waals surface area contributed by atoms with Crippen LogP contribution in [0.5, 0.6) is 0 Å². The average molecular weight is 235 g/mol. The fourth-order valence-electron chi connectivity index (χ4n) is 2.11. The van der Waals surface area contributed by atoms with E-state index in [-0.39, 0.29) is 11.0 Å². The monoisotopic (exact) mass is 235 g/mol. The number of aliphatic hydroxyl groups is 2. The standard InChI is InChI=1S/C11H18BN3O2/c1-9(2)7-14(10(9,3)4)8-5-13-15(6-8)11(12,16)17/h5-6,16-17H,7H2,1-4H3. The molecule has 1 fully saturated rings. The zero-order valence-electron chi connectivity index (χ0n) is 10.7. The molecule has 2 radical (unpaired) electrons. The summed E-state index contributed by atoms with van der Waals surface area (Å²) in [5.41, 5.74) is 1.06. The number of rotatable bonds is 2. The molecule has 2 heterocycles. The summed E-state index contributed by atoms with van der Waals surface area (Å²) < 4.78 is 0.934. The van der Waals surface area contributed by atoms with Crippen molar-refractivity contribution in [2.75, 3.05) is 11.4 Å². The molecule has 1 saturated heterocycles. The van der Waals surface area contributed by atoms with Crippen LogP contribution in [0.15, 0.2) is 12.4 Å². The van der Waals surface area contributed by atoms with Crippen molar-refractivity contribution in [1.29, 1.82) is 0 Å². The van der Waals surface area contributed by atoms with E-state index in [2.05, 4.69) is 37.7 Å². The predicted octanol–water partition coefficient (Wildman–Crippen LogP) is 0.229. The minimum atomic E-state index is -2.44. The van der Waals surface area contributed by atoms with Crippen LogP contribution in [-0.4, -0.2) is 39.9 Å². The molecular weight excluding hydrogens is 217 g/mol. The molecule has 92 valence electrons. The van der Waals surface area contributed by atoms with Crippen molar-refractivity contribution < 1.29 is 10.2 Å². The minimum Gasteiger partial charge on any atom is -0.363 e. The molecule has 2 rings (SSSR count). The molecule has 0 aromatic carbocycles. The molecule has 2 N–H and O–H groups in total. The van der Waals surface area contributed by atoms with Gasteiger partial charge in [0.2, 0.25) is 5.81 Å². The largest absolute Gasteiger partial charge is 0.363 e. The molecule has 0 amide bonds. The van der Waals surface area contributed by atoms with Crippen molar-refractivity contribution in [3.05, 3.63) is 12.4 Å². The molecule has 6 heteroatoms. The van der Waals surface area contributed by atoms with Crippen LogP contribution in [0.3, 0.4) is 0 Å². The predicted molar refractivity (Wildman–Crippen MR) is 65.6 cm³/mol. The maximum Gasteiger partial charge on any atom is 0.208 e. The van der Waals surface area contributed by atoms with Crippen LogP contribution in [-0.2, 0) is 5.81 Å². The van der Waals surface area contributed by atoms with Gasteiger partial charge < -0.3 is 15.1 Å². The fourth-order valence-corrected chi connectivity index (χ4v) is 2.11. The molecule has 0 aliphatic carbocycles. The van der Waals surface area contributed by atoms with Crippen molar-refractivity contribution in [2.24, 2.45) is 5.41 Å². The number of aromatic nitrogens is 2. The lowest BCUT2D eigenvalue weighted by Crippen LogP contribution is -2.69. The molecule has 0 saturated carbocycles. The molecule has 0 spiro atoms. The van der Waals surface area contributed by atoms with Crippen LogP contribution in [0.1, 0.15) is 27.7 Å². The highest BCUT2D eigenvalue weighted by molar-refractivity contribution is 6.11. The summed E-state index contributed by atoms with van der Waals surface area (Å²) in [4.78, 5) is 2.17. The topological polar surface area (TPSA) is 61.5 Å². The van der Waals surface area contributed by atoms with Gasteiger partial charge in [-0.2, -0.15) is 5.10 Å². The van der Waals surface area contributed by atoms with Crippen molar-refractivity contribution in [2.45, 2.75) is 39.0 Å². The summed E-state index contributed by atoms with van der Waals surface area (Å²) in [5, 5.41) is 22.3. The maximum atomic E-state index is 9.22. The normalized spacial score (nSPS) is 22.4. The lowest BCUT2D eigenvalue weighted by molar-refractivity contribution is -0.160. The highest BCUT2D eigenvalue weighted by Gasteiger charge is 2.52. The van der Waals surface area contributed by atoms with Gasteiger partial charge in [-0.25, -0.2) is 4.68 Å². The summed E-state index contributed by atoms with van der Waals surface area (Å²) in [7, 11) is 5.14. The molecule has 17 heavy (non-hydrogen) atoms. The maximum absolute atomic E-state index is 9.22. The lowest BCUT2D eigenvalue weighted by Gasteiger charge is -2.62. The van der Waals surface area contributed by atoms with Gasteiger partial charge in [0.15, 0.2) is 7.85 Å². The Morgan fingerprint density at radius 3 is 2.29 bits per heavy atom. The van der Waals surface area contributed by atoms with Gasteiger partial charge in [-0.15, -0.1) is 0 Å². The van der Waals surface area contributed by atoms with Crippen molar-refractivity contribution in [3.63, 3.8) is 0 Å². The molecule has 0 unspecified atom stereocenters. The van der Waals surface area contributed by atoms with Gasteiger partial charge in [-0.1, -0.05) is 13.8 Å². The van der Waals surface area contributed by atoms with Crippen LogP contribution in [0.4, 0.5) is 5.69 Å². The van der Waals surface area contributed by atoms with E-state index in [4.69, 9.17) is 7.85 Å². The summed E-state index contributed by atoms with van der Waals surface area (Å²) in [6.07, 6.45) is 3.13. The number of nitrogens with zero attached hydrogens (tertiary/aromatic N) is 3. The van der Waals surface area contributed by atoms with Crippen molar-refractivity contribution >= 4 is 13.5 Å². The lowest BCUT2D eigenvalue weighted by atomic mass is 9.65. The zero-order valence-corrected chi connectivity index (χ0v) is 10.7. The van der Waals surface area contributed by atoms with Crippen molar-refractivity contribution in [3.8, 4) is 0 Å². The van der Waals surface area contributed by atoms with Gasteiger partial charge in [0.25, 0.3) is 0 Å². The molecule has 1 aliphatic rings. The second-order valence-electron chi connectivity index (χ2n) is 5.86. The van der Waals surface area contributed by atoms with Crippen LogP contribution < -0.4 is 4.90 Å². The number of anilines is 1. The van der Waals surface area contributed by atoms with Gasteiger partial charge in [-0.05, 0) is 13.8 Å². The summed E-state index contributed by atoms with van der Waals surface area (Å²) in [5.74, 6) is -2.44. The highest BCUT2D eigenvalue weighted by atomic mass is 16.5. The fraction of sp³-hybridized carbons (Fsp3) is 0.727. The number of hydrogen-bond donors (Lipinski definition) is 2. The molecule has 1 aromatic heterocycles. The third-order valence-corrected chi connectivity index (χ3v) is 4.10. The van der Waals surface area contributed by atoms with Gasteiger partial charge in [0.1, 0.15) is 0 Å². The third-order valence-electron chi connectivity index (χ3n) is 4.10. The van der Waals surface area contributed by atoms with E-state index >= 15 is 0 Å². The zero-order chi connectivity index (χ0) is 13.1. The Hall–Kier alpha value is -1.01. The van der Waals surface area contributed by atoms with Crippen LogP contribution >= 0.6 is 0 Å². The van der Waals surface area contributed by atoms with Gasteiger partial charge in [0.05, 0.1) is 18.1 Å². The second kappa shape index (κ2) is 3.26. The van der Waals surface area contributed by atoms with Crippen LogP contribution in [0.25, 0.3) is 0 Å². The first-order valence-electron chi connectivity index (χ1n) is 5.62. The summed E-state index contributed by atoms with van der Waals surface area (Å²) in [6.45, 7) is 9.63. The molecule has 5 nitrogen and oxygen atoms in total. The Morgan fingerprint density at radius 2 is 1.94 bits per heavy atom. The summed E-state index contributed by atoms with van der Waals surface area (Å²) >= 11 is 0. The first-order chi connectivity index (χ1) is 7.56. The first kappa shape index (κ1) is 12.5. The molecule has 1 aromatic rings. The van der Waals surface area contributed by atoms with E-state index in [9.17, 15) is 10.2 Å². The highest BCUT2D eigenvalue weighted by Crippen LogP contribution is 2.48. The smallest absolute Gasteiger partial charge is 0.208 e. The molecular formula is C11H18BN3O2. The van der Waals surface area contributed by atoms with Gasteiger partial charge in [0, 0.05) is 17.5 Å². The molecule has 0 atom stereocenters. The Kier molecular flexibility index (Phi) is 2.39. The molecule has 0 bridgehead atoms. The second-order valence-corrected chi connectivity index (χ2v) is 5.86. The number of hydrogen-bond acceptors (Lipinski definition) is 4. The van der Waals surface area contributed by atoms with E-state index in [0.717, 1.165) is 16.9 Å².